The van der Waals surface area contributed by atoms with E-state index >= 15 is 0 Å². The molecule has 0 unspecified atom stereocenters. The molecule has 0 radical (unpaired) electrons. The number of carbonyl (C=O) groups excluding carboxylic acids is 1. The van der Waals surface area contributed by atoms with E-state index in [9.17, 15) is 4.79 Å². The molecule has 1 aliphatic heterocycles. The fraction of sp³-hybridized carbons (Fsp3) is 0.364. The first-order chi connectivity index (χ1) is 8.24. The van der Waals surface area contributed by atoms with Gasteiger partial charge in [0.15, 0.2) is 11.5 Å². The van der Waals surface area contributed by atoms with E-state index in [-0.39, 0.29) is 18.6 Å². The monoisotopic (exact) mass is 257 g/mol. The molecule has 0 aromatic heterocycles. The number of methoxy groups -OCH3 is 1. The quantitative estimate of drug-likeness (QED) is 0.826. The number of ether oxygens (including phenoxy) is 3. The lowest BCUT2D eigenvalue weighted by Gasteiger charge is -2.10. The Balaban J connectivity index is 2.17. The minimum absolute atomic E-state index is 0.0626. The Labute approximate surface area is 104 Å². The van der Waals surface area contributed by atoms with Gasteiger partial charge in [-0.3, -0.25) is 4.79 Å². The number of halogens is 1. The predicted octanol–water partition coefficient (Wildman–Crippen LogP) is 1.28. The van der Waals surface area contributed by atoms with Crippen LogP contribution in [-0.4, -0.2) is 25.7 Å². The first kappa shape index (κ1) is 11.9. The van der Waals surface area contributed by atoms with Gasteiger partial charge in [0.2, 0.25) is 12.7 Å². The Morgan fingerprint density at radius 3 is 2.82 bits per heavy atom. The fourth-order valence-electron chi connectivity index (χ4n) is 1.53. The third kappa shape index (κ3) is 2.55. The average Bonchev–Trinajstić information content (AvgIpc) is 2.81. The number of benzene rings is 1. The summed E-state index contributed by atoms with van der Waals surface area (Å²) in [6.07, 6.45) is 0. The van der Waals surface area contributed by atoms with E-state index in [0.29, 0.717) is 23.8 Å². The summed E-state index contributed by atoms with van der Waals surface area (Å²) in [6, 6.07) is 3.53. The van der Waals surface area contributed by atoms with Crippen LogP contribution in [0.15, 0.2) is 12.1 Å². The van der Waals surface area contributed by atoms with Gasteiger partial charge in [-0.05, 0) is 6.07 Å². The van der Waals surface area contributed by atoms with Crippen molar-refractivity contribution in [1.82, 2.24) is 5.32 Å². The Hall–Kier alpha value is -1.62. The molecule has 1 aromatic rings. The molecule has 0 aliphatic carbocycles. The molecule has 0 spiro atoms. The summed E-state index contributed by atoms with van der Waals surface area (Å²) < 4.78 is 15.7. The zero-order valence-corrected chi connectivity index (χ0v) is 10.0. The first-order valence-electron chi connectivity index (χ1n) is 5.03. The van der Waals surface area contributed by atoms with Gasteiger partial charge in [-0.1, -0.05) is 0 Å². The molecule has 1 aromatic carbocycles. The molecule has 1 amide bonds. The summed E-state index contributed by atoms with van der Waals surface area (Å²) in [6.45, 7) is 0.543. The van der Waals surface area contributed by atoms with E-state index < -0.39 is 0 Å². The molecule has 0 fully saturated rings. The third-order valence-corrected chi connectivity index (χ3v) is 2.62. The zero-order valence-electron chi connectivity index (χ0n) is 9.29. The van der Waals surface area contributed by atoms with Crippen molar-refractivity contribution in [3.05, 3.63) is 17.7 Å². The van der Waals surface area contributed by atoms with E-state index in [4.69, 9.17) is 25.8 Å². The summed E-state index contributed by atoms with van der Waals surface area (Å²) in [4.78, 5) is 11.1. The number of nitrogens with one attached hydrogen (secondary N) is 1. The Morgan fingerprint density at radius 2 is 2.18 bits per heavy atom. The van der Waals surface area contributed by atoms with Crippen molar-refractivity contribution >= 4 is 17.5 Å². The van der Waals surface area contributed by atoms with Crippen molar-refractivity contribution in [2.24, 2.45) is 0 Å². The largest absolute Gasteiger partial charge is 0.496 e. The van der Waals surface area contributed by atoms with Crippen LogP contribution in [0.2, 0.25) is 0 Å². The summed E-state index contributed by atoms with van der Waals surface area (Å²) in [5, 5.41) is 2.67. The van der Waals surface area contributed by atoms with Crippen LogP contribution in [0.4, 0.5) is 0 Å². The van der Waals surface area contributed by atoms with Crippen molar-refractivity contribution in [2.45, 2.75) is 6.54 Å². The van der Waals surface area contributed by atoms with Crippen LogP contribution in [0.5, 0.6) is 17.2 Å². The lowest BCUT2D eigenvalue weighted by Crippen LogP contribution is -2.23. The van der Waals surface area contributed by atoms with Crippen LogP contribution >= 0.6 is 11.6 Å². The number of carbonyl (C=O) groups is 1. The Kier molecular flexibility index (Phi) is 3.58. The van der Waals surface area contributed by atoms with Crippen LogP contribution in [0.25, 0.3) is 0 Å². The van der Waals surface area contributed by atoms with Crippen molar-refractivity contribution in [3.63, 3.8) is 0 Å². The molecular weight excluding hydrogens is 246 g/mol. The molecule has 1 N–H and O–H groups in total. The highest BCUT2D eigenvalue weighted by atomic mass is 35.5. The molecule has 0 saturated carbocycles. The van der Waals surface area contributed by atoms with Gasteiger partial charge in [0.1, 0.15) is 11.6 Å². The van der Waals surface area contributed by atoms with E-state index in [1.807, 2.05) is 0 Å². The molecule has 0 saturated heterocycles. The summed E-state index contributed by atoms with van der Waals surface area (Å²) in [5.41, 5.74) is 0.815. The normalized spacial score (nSPS) is 12.4. The number of hydrogen-bond donors (Lipinski definition) is 1. The number of alkyl halides is 1. The van der Waals surface area contributed by atoms with Gasteiger partial charge < -0.3 is 19.5 Å². The zero-order chi connectivity index (χ0) is 12.3. The van der Waals surface area contributed by atoms with Crippen LogP contribution in [-0.2, 0) is 11.3 Å². The molecule has 2 rings (SSSR count). The standard InChI is InChI=1S/C11H12ClNO4/c1-15-8-3-10-9(16-6-17-10)2-7(8)5-13-11(14)4-12/h2-3H,4-6H2,1H3,(H,13,14). The number of fused-ring (bicyclic) bond motifs is 1. The summed E-state index contributed by atoms with van der Waals surface area (Å²) in [5.74, 6) is 1.65. The van der Waals surface area contributed by atoms with Crippen LogP contribution < -0.4 is 19.5 Å². The Morgan fingerprint density at radius 1 is 1.47 bits per heavy atom. The summed E-state index contributed by atoms with van der Waals surface area (Å²) >= 11 is 5.40. The summed E-state index contributed by atoms with van der Waals surface area (Å²) in [7, 11) is 1.56. The smallest absolute Gasteiger partial charge is 0.235 e. The third-order valence-electron chi connectivity index (χ3n) is 2.37. The molecule has 6 heteroatoms. The molecule has 0 bridgehead atoms. The number of hydrogen-bond acceptors (Lipinski definition) is 4. The molecule has 1 aliphatic rings. The number of amides is 1. The van der Waals surface area contributed by atoms with Crippen molar-refractivity contribution in [2.75, 3.05) is 19.8 Å². The van der Waals surface area contributed by atoms with E-state index in [0.717, 1.165) is 5.56 Å². The maximum atomic E-state index is 11.1. The van der Waals surface area contributed by atoms with Gasteiger partial charge in [0.25, 0.3) is 0 Å². The lowest BCUT2D eigenvalue weighted by atomic mass is 10.1. The van der Waals surface area contributed by atoms with E-state index in [1.165, 1.54) is 0 Å². The molecular formula is C11H12ClNO4. The Bertz CT molecular complexity index is 436. The highest BCUT2D eigenvalue weighted by Crippen LogP contribution is 2.37. The van der Waals surface area contributed by atoms with E-state index in [2.05, 4.69) is 5.32 Å². The maximum Gasteiger partial charge on any atom is 0.235 e. The highest BCUT2D eigenvalue weighted by Gasteiger charge is 2.17. The van der Waals surface area contributed by atoms with Crippen LogP contribution in [0.3, 0.4) is 0 Å². The molecule has 0 atom stereocenters. The average molecular weight is 258 g/mol. The highest BCUT2D eigenvalue weighted by molar-refractivity contribution is 6.27. The minimum Gasteiger partial charge on any atom is -0.496 e. The van der Waals surface area contributed by atoms with Crippen molar-refractivity contribution in [3.8, 4) is 17.2 Å². The molecule has 1 heterocycles. The first-order valence-corrected chi connectivity index (χ1v) is 5.57. The van der Waals surface area contributed by atoms with Gasteiger partial charge in [-0.2, -0.15) is 0 Å². The second-order valence-electron chi connectivity index (χ2n) is 3.43. The van der Waals surface area contributed by atoms with E-state index in [1.54, 1.807) is 19.2 Å². The van der Waals surface area contributed by atoms with Gasteiger partial charge in [-0.15, -0.1) is 11.6 Å². The van der Waals surface area contributed by atoms with Crippen LogP contribution in [0, 0.1) is 0 Å². The predicted molar refractivity (Wildman–Crippen MR) is 61.7 cm³/mol. The lowest BCUT2D eigenvalue weighted by molar-refractivity contribution is -0.118. The van der Waals surface area contributed by atoms with Gasteiger partial charge in [-0.25, -0.2) is 0 Å². The maximum absolute atomic E-state index is 11.1. The van der Waals surface area contributed by atoms with Gasteiger partial charge in [0, 0.05) is 18.2 Å². The van der Waals surface area contributed by atoms with Crippen molar-refractivity contribution < 1.29 is 19.0 Å². The minimum atomic E-state index is -0.230. The molecule has 92 valence electrons. The number of rotatable bonds is 4. The second kappa shape index (κ2) is 5.14. The molecule has 5 nitrogen and oxygen atoms in total. The molecule has 17 heavy (non-hydrogen) atoms. The van der Waals surface area contributed by atoms with Crippen molar-refractivity contribution in [1.29, 1.82) is 0 Å². The topological polar surface area (TPSA) is 56.8 Å². The van der Waals surface area contributed by atoms with Crippen LogP contribution in [0.1, 0.15) is 5.56 Å². The van der Waals surface area contributed by atoms with Gasteiger partial charge in [0.05, 0.1) is 7.11 Å². The second-order valence-corrected chi connectivity index (χ2v) is 3.69. The SMILES string of the molecule is COc1cc2c(cc1CNC(=O)CCl)OCO2. The fourth-order valence-corrected chi connectivity index (χ4v) is 1.63. The van der Waals surface area contributed by atoms with Gasteiger partial charge >= 0.3 is 0 Å².